The van der Waals surface area contributed by atoms with Crippen molar-refractivity contribution < 1.29 is 4.79 Å². The largest absolute Gasteiger partial charge is 0.354 e. The fourth-order valence-electron chi connectivity index (χ4n) is 3.01. The minimum Gasteiger partial charge on any atom is -0.354 e. The van der Waals surface area contributed by atoms with Crippen LogP contribution in [0.4, 0.5) is 0 Å². The van der Waals surface area contributed by atoms with Crippen LogP contribution in [-0.2, 0) is 4.79 Å². The molecule has 1 aliphatic carbocycles. The third-order valence-corrected chi connectivity index (χ3v) is 5.00. The van der Waals surface area contributed by atoms with Crippen molar-refractivity contribution in [2.75, 3.05) is 13.1 Å². The molecule has 0 aromatic heterocycles. The molecular formula is C14H27ClN2O. The minimum absolute atomic E-state index is 0. The van der Waals surface area contributed by atoms with Gasteiger partial charge in [0.25, 0.3) is 0 Å². The van der Waals surface area contributed by atoms with Gasteiger partial charge in [0.15, 0.2) is 0 Å². The first-order chi connectivity index (χ1) is 8.05. The molecule has 0 aromatic carbocycles. The second-order valence-corrected chi connectivity index (χ2v) is 6.17. The maximum absolute atomic E-state index is 12.3. The van der Waals surface area contributed by atoms with Gasteiger partial charge in [0, 0.05) is 6.54 Å². The molecule has 1 atom stereocenters. The van der Waals surface area contributed by atoms with Crippen LogP contribution in [0.2, 0.25) is 0 Å². The second kappa shape index (κ2) is 5.79. The van der Waals surface area contributed by atoms with E-state index in [0.717, 1.165) is 32.4 Å². The highest BCUT2D eigenvalue weighted by Crippen LogP contribution is 2.51. The van der Waals surface area contributed by atoms with Crippen LogP contribution >= 0.6 is 12.4 Å². The summed E-state index contributed by atoms with van der Waals surface area (Å²) >= 11 is 0. The Bertz CT molecular complexity index is 294. The van der Waals surface area contributed by atoms with E-state index in [0.29, 0.717) is 11.3 Å². The second-order valence-electron chi connectivity index (χ2n) is 6.17. The van der Waals surface area contributed by atoms with Crippen LogP contribution in [-0.4, -0.2) is 24.5 Å². The van der Waals surface area contributed by atoms with Gasteiger partial charge in [-0.1, -0.05) is 20.8 Å². The Hall–Kier alpha value is -0.280. The van der Waals surface area contributed by atoms with Crippen LogP contribution in [0.1, 0.15) is 52.9 Å². The molecule has 1 saturated carbocycles. The van der Waals surface area contributed by atoms with Gasteiger partial charge in [-0.25, -0.2) is 0 Å². The summed E-state index contributed by atoms with van der Waals surface area (Å²) in [5.41, 5.74) is 0.135. The minimum atomic E-state index is -0.271. The Balaban J connectivity index is 0.00000162. The van der Waals surface area contributed by atoms with Crippen LogP contribution < -0.4 is 10.6 Å². The van der Waals surface area contributed by atoms with Gasteiger partial charge >= 0.3 is 0 Å². The number of hydrogen-bond acceptors (Lipinski definition) is 2. The highest BCUT2D eigenvalue weighted by atomic mass is 35.5. The van der Waals surface area contributed by atoms with Gasteiger partial charge in [-0.2, -0.15) is 0 Å². The van der Waals surface area contributed by atoms with E-state index in [9.17, 15) is 4.79 Å². The normalized spacial score (nSPS) is 28.9. The number of nitrogens with one attached hydrogen (secondary N) is 2. The summed E-state index contributed by atoms with van der Waals surface area (Å²) in [6.45, 7) is 8.49. The lowest BCUT2D eigenvalue weighted by Gasteiger charge is -2.29. The molecule has 1 saturated heterocycles. The Labute approximate surface area is 117 Å². The summed E-state index contributed by atoms with van der Waals surface area (Å²) in [6, 6.07) is 0. The number of amides is 1. The van der Waals surface area contributed by atoms with E-state index in [4.69, 9.17) is 0 Å². The first-order valence-electron chi connectivity index (χ1n) is 7.08. The molecule has 1 heterocycles. The first kappa shape index (κ1) is 15.8. The molecule has 18 heavy (non-hydrogen) atoms. The maximum atomic E-state index is 12.3. The Morgan fingerprint density at radius 1 is 1.33 bits per heavy atom. The average molecular weight is 275 g/mol. The monoisotopic (exact) mass is 274 g/mol. The molecule has 106 valence electrons. The number of rotatable bonds is 5. The van der Waals surface area contributed by atoms with Gasteiger partial charge in [-0.05, 0) is 50.0 Å². The smallest absolute Gasteiger partial charge is 0.240 e. The van der Waals surface area contributed by atoms with E-state index in [1.165, 1.54) is 12.8 Å². The van der Waals surface area contributed by atoms with Crippen molar-refractivity contribution in [1.82, 2.24) is 10.6 Å². The lowest BCUT2D eigenvalue weighted by atomic mass is 9.90. The molecule has 2 N–H and O–H groups in total. The third kappa shape index (κ3) is 2.83. The van der Waals surface area contributed by atoms with Crippen molar-refractivity contribution in [1.29, 1.82) is 0 Å². The molecule has 0 radical (unpaired) electrons. The first-order valence-corrected chi connectivity index (χ1v) is 7.08. The summed E-state index contributed by atoms with van der Waals surface area (Å²) in [5, 5.41) is 6.59. The van der Waals surface area contributed by atoms with Crippen molar-refractivity contribution in [3.05, 3.63) is 0 Å². The van der Waals surface area contributed by atoms with E-state index < -0.39 is 0 Å². The van der Waals surface area contributed by atoms with Crippen molar-refractivity contribution in [3.63, 3.8) is 0 Å². The van der Waals surface area contributed by atoms with Crippen molar-refractivity contribution in [3.8, 4) is 0 Å². The highest BCUT2D eigenvalue weighted by molar-refractivity contribution is 5.86. The molecule has 0 spiro atoms. The third-order valence-electron chi connectivity index (χ3n) is 5.00. The zero-order valence-corrected chi connectivity index (χ0v) is 12.7. The fourth-order valence-corrected chi connectivity index (χ4v) is 3.01. The Kier molecular flexibility index (Phi) is 5.07. The SMILES string of the molecule is CCC1(C(=O)NCC2(C(C)C)CC2)CCCN1.Cl. The number of carbonyl (C=O) groups is 1. The molecular weight excluding hydrogens is 248 g/mol. The molecule has 1 unspecified atom stereocenters. The summed E-state index contributed by atoms with van der Waals surface area (Å²) in [4.78, 5) is 12.3. The van der Waals surface area contributed by atoms with E-state index in [1.54, 1.807) is 0 Å². The molecule has 2 rings (SSSR count). The molecule has 0 aromatic rings. The standard InChI is InChI=1S/C14H26N2O.ClH/c1-4-14(6-5-9-16-14)12(17)15-10-13(7-8-13)11(2)3;/h11,16H,4-10H2,1-3H3,(H,15,17);1H. The maximum Gasteiger partial charge on any atom is 0.240 e. The van der Waals surface area contributed by atoms with Crippen molar-refractivity contribution >= 4 is 18.3 Å². The quantitative estimate of drug-likeness (QED) is 0.809. The van der Waals surface area contributed by atoms with Gasteiger partial charge in [0.1, 0.15) is 0 Å². The van der Waals surface area contributed by atoms with Crippen LogP contribution in [0.3, 0.4) is 0 Å². The average Bonchev–Trinajstić information content (AvgIpc) is 2.96. The van der Waals surface area contributed by atoms with Crippen LogP contribution in [0.25, 0.3) is 0 Å². The van der Waals surface area contributed by atoms with Crippen LogP contribution in [0.15, 0.2) is 0 Å². The van der Waals surface area contributed by atoms with E-state index in [2.05, 4.69) is 31.4 Å². The number of halogens is 1. The van der Waals surface area contributed by atoms with Crippen molar-refractivity contribution in [2.24, 2.45) is 11.3 Å². The fraction of sp³-hybridized carbons (Fsp3) is 0.929. The topological polar surface area (TPSA) is 41.1 Å². The Morgan fingerprint density at radius 3 is 2.39 bits per heavy atom. The summed E-state index contributed by atoms with van der Waals surface area (Å²) < 4.78 is 0. The van der Waals surface area contributed by atoms with Gasteiger partial charge in [0.05, 0.1) is 5.54 Å². The van der Waals surface area contributed by atoms with E-state index in [1.807, 2.05) is 0 Å². The number of hydrogen-bond donors (Lipinski definition) is 2. The molecule has 2 aliphatic rings. The molecule has 0 bridgehead atoms. The predicted molar refractivity (Wildman–Crippen MR) is 77.0 cm³/mol. The van der Waals surface area contributed by atoms with Crippen molar-refractivity contribution in [2.45, 2.75) is 58.4 Å². The summed E-state index contributed by atoms with van der Waals surface area (Å²) in [5.74, 6) is 0.904. The summed E-state index contributed by atoms with van der Waals surface area (Å²) in [6.07, 6.45) is 5.56. The van der Waals surface area contributed by atoms with E-state index >= 15 is 0 Å². The molecule has 1 aliphatic heterocycles. The molecule has 4 heteroatoms. The lowest BCUT2D eigenvalue weighted by Crippen LogP contribution is -2.54. The van der Waals surface area contributed by atoms with E-state index in [-0.39, 0.29) is 23.9 Å². The predicted octanol–water partition coefficient (Wildman–Crippen LogP) is 2.49. The Morgan fingerprint density at radius 2 is 2.00 bits per heavy atom. The van der Waals surface area contributed by atoms with Gasteiger partial charge < -0.3 is 10.6 Å². The molecule has 3 nitrogen and oxygen atoms in total. The molecule has 2 fully saturated rings. The number of carbonyl (C=O) groups excluding carboxylic acids is 1. The van der Waals surface area contributed by atoms with Crippen LogP contribution in [0, 0.1) is 11.3 Å². The van der Waals surface area contributed by atoms with Gasteiger partial charge in [-0.3, -0.25) is 4.79 Å². The van der Waals surface area contributed by atoms with Gasteiger partial charge in [0.2, 0.25) is 5.91 Å². The summed E-state index contributed by atoms with van der Waals surface area (Å²) in [7, 11) is 0. The zero-order valence-electron chi connectivity index (χ0n) is 11.8. The highest BCUT2D eigenvalue weighted by Gasteiger charge is 2.47. The zero-order chi connectivity index (χ0) is 12.5. The molecule has 1 amide bonds. The van der Waals surface area contributed by atoms with Gasteiger partial charge in [-0.15, -0.1) is 12.4 Å². The van der Waals surface area contributed by atoms with Crippen LogP contribution in [0.5, 0.6) is 0 Å². The lowest BCUT2D eigenvalue weighted by molar-refractivity contribution is -0.127.